The number of hydrogen-bond acceptors (Lipinski definition) is 5. The molecule has 5 nitrogen and oxygen atoms in total. The summed E-state index contributed by atoms with van der Waals surface area (Å²) in [6.07, 6.45) is 1.06. The number of ether oxygens (including phenoxy) is 2. The number of β-amino-alcohol motifs (C(OH)–C–C–N with tert-alkyl or cyclic N) is 1. The largest absolute Gasteiger partial charge is 0.497 e. The van der Waals surface area contributed by atoms with E-state index in [0.29, 0.717) is 13.2 Å². The number of benzene rings is 2. The van der Waals surface area contributed by atoms with E-state index in [1.165, 1.54) is 0 Å². The van der Waals surface area contributed by atoms with Crippen molar-refractivity contribution in [3.63, 3.8) is 0 Å². The molecule has 0 aromatic heterocycles. The van der Waals surface area contributed by atoms with Crippen LogP contribution in [0.3, 0.4) is 0 Å². The van der Waals surface area contributed by atoms with Crippen LogP contribution in [0.15, 0.2) is 48.5 Å². The number of nitrogens with zero attached hydrogens (tertiary/aromatic N) is 2. The summed E-state index contributed by atoms with van der Waals surface area (Å²) in [7, 11) is 1.65. The standard InChI is InChI=1S/C21H25N2O3S/c1-3-26-19-11-7-17(8-12-19)22-15-21(24,23-13-4-14-27-20(22)23)16-5-9-18(25-2)10-6-16/h5-12,24H,3-4,13-15H2,1-2H3/q+1. The van der Waals surface area contributed by atoms with Crippen molar-refractivity contribution in [3.8, 4) is 11.5 Å². The van der Waals surface area contributed by atoms with Crippen molar-refractivity contribution in [2.45, 2.75) is 19.1 Å². The van der Waals surface area contributed by atoms with E-state index in [1.54, 1.807) is 7.11 Å². The lowest BCUT2D eigenvalue weighted by molar-refractivity contribution is -0.656. The Bertz CT molecular complexity index is 836. The molecule has 0 aliphatic carbocycles. The van der Waals surface area contributed by atoms with Crippen molar-refractivity contribution in [2.75, 3.05) is 37.5 Å². The van der Waals surface area contributed by atoms with Crippen molar-refractivity contribution < 1.29 is 19.2 Å². The van der Waals surface area contributed by atoms with Gasteiger partial charge in [0, 0.05) is 11.3 Å². The molecule has 0 saturated carbocycles. The minimum atomic E-state index is -1.05. The quantitative estimate of drug-likeness (QED) is 0.801. The van der Waals surface area contributed by atoms with E-state index in [1.807, 2.05) is 55.1 Å². The summed E-state index contributed by atoms with van der Waals surface area (Å²) in [4.78, 5) is 2.21. The molecule has 0 saturated heterocycles. The van der Waals surface area contributed by atoms with Gasteiger partial charge in [0.05, 0.1) is 20.3 Å². The summed E-state index contributed by atoms with van der Waals surface area (Å²) in [5.41, 5.74) is 0.905. The number of methoxy groups -OCH3 is 1. The molecule has 27 heavy (non-hydrogen) atoms. The van der Waals surface area contributed by atoms with Crippen molar-refractivity contribution in [2.24, 2.45) is 0 Å². The Kier molecular flexibility index (Phi) is 5.02. The number of amidine groups is 1. The molecule has 4 rings (SSSR count). The van der Waals surface area contributed by atoms with Crippen LogP contribution in [0.2, 0.25) is 0 Å². The van der Waals surface area contributed by atoms with E-state index >= 15 is 0 Å². The van der Waals surface area contributed by atoms with Gasteiger partial charge in [-0.25, -0.2) is 9.48 Å². The van der Waals surface area contributed by atoms with Gasteiger partial charge in [-0.05, 0) is 73.6 Å². The maximum atomic E-state index is 11.7. The predicted molar refractivity (Wildman–Crippen MR) is 109 cm³/mol. The Morgan fingerprint density at radius 2 is 1.81 bits per heavy atom. The maximum absolute atomic E-state index is 11.7. The monoisotopic (exact) mass is 385 g/mol. The third kappa shape index (κ3) is 3.28. The van der Waals surface area contributed by atoms with Gasteiger partial charge < -0.3 is 14.6 Å². The lowest BCUT2D eigenvalue weighted by atomic mass is 10.0. The minimum Gasteiger partial charge on any atom is -0.497 e. The van der Waals surface area contributed by atoms with Crippen LogP contribution in [0.25, 0.3) is 0 Å². The van der Waals surface area contributed by atoms with Crippen molar-refractivity contribution in [1.29, 1.82) is 0 Å². The van der Waals surface area contributed by atoms with Gasteiger partial charge in [-0.2, -0.15) is 0 Å². The molecule has 0 bridgehead atoms. The fraction of sp³-hybridized carbons (Fsp3) is 0.381. The maximum Gasteiger partial charge on any atom is 0.316 e. The van der Waals surface area contributed by atoms with Gasteiger partial charge in [0.1, 0.15) is 17.2 Å². The number of aliphatic hydroxyl groups is 1. The van der Waals surface area contributed by atoms with Crippen LogP contribution in [0.4, 0.5) is 5.69 Å². The number of rotatable bonds is 5. The van der Waals surface area contributed by atoms with E-state index in [9.17, 15) is 5.11 Å². The van der Waals surface area contributed by atoms with Crippen molar-refractivity contribution >= 4 is 22.6 Å². The predicted octanol–water partition coefficient (Wildman–Crippen LogP) is 3.26. The van der Waals surface area contributed by atoms with Crippen LogP contribution >= 0.6 is 11.8 Å². The second kappa shape index (κ2) is 7.44. The van der Waals surface area contributed by atoms with Gasteiger partial charge in [0.15, 0.2) is 6.54 Å². The first-order chi connectivity index (χ1) is 13.2. The topological polar surface area (TPSA) is 44.9 Å². The fourth-order valence-corrected chi connectivity index (χ4v) is 4.88. The second-order valence-corrected chi connectivity index (χ2v) is 7.76. The average Bonchev–Trinajstić information content (AvgIpc) is 3.03. The fourth-order valence-electron chi connectivity index (χ4n) is 3.70. The summed E-state index contributed by atoms with van der Waals surface area (Å²) in [6, 6.07) is 15.8. The van der Waals surface area contributed by atoms with Crippen molar-refractivity contribution in [3.05, 3.63) is 54.1 Å². The normalized spacial score (nSPS) is 22.0. The Labute approximate surface area is 164 Å². The first-order valence-electron chi connectivity index (χ1n) is 9.30. The van der Waals surface area contributed by atoms with Crippen LogP contribution in [0.1, 0.15) is 18.9 Å². The zero-order chi connectivity index (χ0) is 18.9. The molecule has 0 radical (unpaired) electrons. The molecule has 2 aromatic carbocycles. The lowest BCUT2D eigenvalue weighted by Crippen LogP contribution is -2.41. The third-order valence-corrected chi connectivity index (χ3v) is 6.25. The highest BCUT2D eigenvalue weighted by Gasteiger charge is 2.53. The Morgan fingerprint density at radius 3 is 2.48 bits per heavy atom. The molecule has 0 amide bonds. The van der Waals surface area contributed by atoms with Gasteiger partial charge in [0.2, 0.25) is 0 Å². The minimum absolute atomic E-state index is 0.496. The van der Waals surface area contributed by atoms with Crippen LogP contribution < -0.4 is 14.4 Å². The summed E-state index contributed by atoms with van der Waals surface area (Å²) >= 11 is 1.81. The molecule has 2 aliphatic rings. The zero-order valence-electron chi connectivity index (χ0n) is 15.7. The molecular weight excluding hydrogens is 360 g/mol. The van der Waals surface area contributed by atoms with Gasteiger partial charge in [0.25, 0.3) is 5.72 Å². The van der Waals surface area contributed by atoms with E-state index in [0.717, 1.165) is 46.6 Å². The van der Waals surface area contributed by atoms with E-state index in [2.05, 4.69) is 21.6 Å². The number of anilines is 1. The molecule has 142 valence electrons. The summed E-state index contributed by atoms with van der Waals surface area (Å²) in [6.45, 7) is 3.98. The van der Waals surface area contributed by atoms with E-state index in [-0.39, 0.29) is 0 Å². The number of thioether (sulfide) groups is 1. The highest BCUT2D eigenvalue weighted by Crippen LogP contribution is 2.38. The van der Waals surface area contributed by atoms with Gasteiger partial charge in [-0.3, -0.25) is 0 Å². The second-order valence-electron chi connectivity index (χ2n) is 6.69. The molecule has 6 heteroatoms. The molecule has 0 spiro atoms. The summed E-state index contributed by atoms with van der Waals surface area (Å²) < 4.78 is 13.0. The van der Waals surface area contributed by atoms with E-state index in [4.69, 9.17) is 9.47 Å². The smallest absolute Gasteiger partial charge is 0.316 e. The zero-order valence-corrected chi connectivity index (χ0v) is 16.5. The van der Waals surface area contributed by atoms with Crippen LogP contribution in [0, 0.1) is 0 Å². The number of hydrogen-bond donors (Lipinski definition) is 1. The molecule has 0 fully saturated rings. The summed E-state index contributed by atoms with van der Waals surface area (Å²) in [5.74, 6) is 2.72. The van der Waals surface area contributed by atoms with E-state index < -0.39 is 5.72 Å². The lowest BCUT2D eigenvalue weighted by Gasteiger charge is -2.24. The SMILES string of the molecule is CCOc1ccc(N2CC(O)(c3ccc(OC)cc3)[N+]3=C2SCCC3)cc1. The molecule has 1 N–H and O–H groups in total. The third-order valence-electron chi connectivity index (χ3n) is 5.06. The first-order valence-corrected chi connectivity index (χ1v) is 10.3. The molecule has 2 aliphatic heterocycles. The summed E-state index contributed by atoms with van der Waals surface area (Å²) in [5, 5.41) is 12.8. The average molecular weight is 386 g/mol. The first kappa shape index (κ1) is 18.2. The van der Waals surface area contributed by atoms with Crippen LogP contribution in [-0.4, -0.2) is 47.4 Å². The Hall–Kier alpha value is -2.18. The molecular formula is C21H25N2O3S+. The highest BCUT2D eigenvalue weighted by atomic mass is 32.2. The Balaban J connectivity index is 1.70. The van der Waals surface area contributed by atoms with Gasteiger partial charge >= 0.3 is 5.17 Å². The molecule has 2 heterocycles. The highest BCUT2D eigenvalue weighted by molar-refractivity contribution is 8.13. The van der Waals surface area contributed by atoms with Gasteiger partial charge in [-0.1, -0.05) is 0 Å². The van der Waals surface area contributed by atoms with Crippen LogP contribution in [0.5, 0.6) is 11.5 Å². The molecule has 2 aromatic rings. The molecule has 1 atom stereocenters. The Morgan fingerprint density at radius 1 is 1.11 bits per heavy atom. The molecule has 1 unspecified atom stereocenters. The van der Waals surface area contributed by atoms with Crippen molar-refractivity contribution in [1.82, 2.24) is 0 Å². The van der Waals surface area contributed by atoms with Gasteiger partial charge in [-0.15, -0.1) is 0 Å². The van der Waals surface area contributed by atoms with Crippen LogP contribution in [-0.2, 0) is 5.72 Å².